The number of nitrogens with one attached hydrogen (secondary N) is 1. The quantitative estimate of drug-likeness (QED) is 0.755. The van der Waals surface area contributed by atoms with Crippen molar-refractivity contribution in [3.63, 3.8) is 0 Å². The lowest BCUT2D eigenvalue weighted by atomic mass is 9.98. The van der Waals surface area contributed by atoms with E-state index in [1.165, 1.54) is 18.0 Å². The van der Waals surface area contributed by atoms with Crippen molar-refractivity contribution in [1.82, 2.24) is 15.1 Å². The summed E-state index contributed by atoms with van der Waals surface area (Å²) in [5.74, 6) is -1.46. The van der Waals surface area contributed by atoms with Gasteiger partial charge in [-0.05, 0) is 31.5 Å². The number of anilines is 1. The lowest BCUT2D eigenvalue weighted by Gasteiger charge is -2.43. The summed E-state index contributed by atoms with van der Waals surface area (Å²) in [6, 6.07) is 1.12. The predicted molar refractivity (Wildman–Crippen MR) is 98.2 cm³/mol. The third kappa shape index (κ3) is 4.07. The van der Waals surface area contributed by atoms with Gasteiger partial charge in [0, 0.05) is 12.6 Å². The smallest absolute Gasteiger partial charge is 0.355 e. The Labute approximate surface area is 168 Å². The van der Waals surface area contributed by atoms with Gasteiger partial charge in [0.15, 0.2) is 0 Å². The van der Waals surface area contributed by atoms with Crippen LogP contribution in [0.25, 0.3) is 0 Å². The molecule has 2 aromatic rings. The average molecular weight is 433 g/mol. The van der Waals surface area contributed by atoms with E-state index in [-0.39, 0.29) is 35.4 Å². The first-order chi connectivity index (χ1) is 13.5. The Bertz CT molecular complexity index is 995. The van der Waals surface area contributed by atoms with Crippen molar-refractivity contribution in [2.24, 2.45) is 0 Å². The van der Waals surface area contributed by atoms with Gasteiger partial charge in [0.25, 0.3) is 5.56 Å². The Morgan fingerprint density at radius 3 is 2.66 bits per heavy atom. The van der Waals surface area contributed by atoms with Crippen LogP contribution < -0.4 is 10.5 Å². The van der Waals surface area contributed by atoms with Crippen LogP contribution in [-0.4, -0.2) is 40.1 Å². The molecule has 1 N–H and O–H groups in total. The number of benzene rings is 1. The summed E-state index contributed by atoms with van der Waals surface area (Å²) in [5.41, 5.74) is -1.65. The normalized spacial score (nSPS) is 18.9. The number of nitrogens with zero attached hydrogens (tertiary/aromatic N) is 3. The highest BCUT2D eigenvalue weighted by molar-refractivity contribution is 6.33. The summed E-state index contributed by atoms with van der Waals surface area (Å²) in [6.45, 7) is 3.10. The van der Waals surface area contributed by atoms with Crippen molar-refractivity contribution in [3.8, 4) is 0 Å². The first-order valence-corrected chi connectivity index (χ1v) is 9.04. The molecule has 0 aliphatic carbocycles. The van der Waals surface area contributed by atoms with E-state index in [0.717, 1.165) is 12.1 Å². The largest absolute Gasteiger partial charge is 0.416 e. The van der Waals surface area contributed by atoms with E-state index in [1.807, 2.05) is 0 Å². The van der Waals surface area contributed by atoms with E-state index in [0.29, 0.717) is 6.07 Å². The second kappa shape index (κ2) is 7.66. The Kier molecular flexibility index (Phi) is 5.57. The first-order valence-electron chi connectivity index (χ1n) is 8.66. The number of carbonyl (C=O) groups excluding carboxylic acids is 1. The van der Waals surface area contributed by atoms with Crippen LogP contribution in [-0.2, 0) is 11.0 Å². The molecule has 2 heterocycles. The summed E-state index contributed by atoms with van der Waals surface area (Å²) in [6.07, 6.45) is -3.44. The molecule has 0 spiro atoms. The van der Waals surface area contributed by atoms with Gasteiger partial charge in [-0.1, -0.05) is 17.7 Å². The second-order valence-corrected chi connectivity index (χ2v) is 7.20. The van der Waals surface area contributed by atoms with Crippen LogP contribution in [0.2, 0.25) is 5.02 Å². The second-order valence-electron chi connectivity index (χ2n) is 6.83. The van der Waals surface area contributed by atoms with Gasteiger partial charge in [-0.3, -0.25) is 9.59 Å². The minimum absolute atomic E-state index is 0.0812. The van der Waals surface area contributed by atoms with Crippen LogP contribution >= 0.6 is 11.6 Å². The Hall–Kier alpha value is -2.62. The topological polar surface area (TPSA) is 69.3 Å². The summed E-state index contributed by atoms with van der Waals surface area (Å²) in [7, 11) is 0. The lowest BCUT2D eigenvalue weighted by molar-refractivity contribution is -0.141. The first kappa shape index (κ1) is 21.1. The van der Waals surface area contributed by atoms with Crippen LogP contribution in [0, 0.1) is 5.82 Å². The Balaban J connectivity index is 1.91. The van der Waals surface area contributed by atoms with Gasteiger partial charge >= 0.3 is 6.18 Å². The van der Waals surface area contributed by atoms with Gasteiger partial charge in [-0.2, -0.15) is 18.3 Å². The fraction of sp³-hybridized carbons (Fsp3) is 0.389. The van der Waals surface area contributed by atoms with E-state index < -0.39 is 35.1 Å². The van der Waals surface area contributed by atoms with Crippen LogP contribution in [0.4, 0.5) is 23.2 Å². The minimum atomic E-state index is -4.76. The molecular weight excluding hydrogens is 416 g/mol. The van der Waals surface area contributed by atoms with Crippen LogP contribution in [0.1, 0.15) is 31.0 Å². The number of rotatable bonds is 3. The molecule has 29 heavy (non-hydrogen) atoms. The summed E-state index contributed by atoms with van der Waals surface area (Å²) >= 11 is 6.01. The van der Waals surface area contributed by atoms with Crippen LogP contribution in [0.3, 0.4) is 0 Å². The number of H-pyrrole nitrogens is 1. The summed E-state index contributed by atoms with van der Waals surface area (Å²) < 4.78 is 53.5. The Morgan fingerprint density at radius 1 is 1.31 bits per heavy atom. The molecule has 6 nitrogen and oxygen atoms in total. The molecule has 156 valence electrons. The SMILES string of the molecule is CC(c1ccc(F)cc1C(F)(F)F)N1C[C@@H](C)N(c2cn[nH]c(=O)c2Cl)CC1=O. The van der Waals surface area contributed by atoms with E-state index in [1.54, 1.807) is 11.8 Å². The van der Waals surface area contributed by atoms with Crippen molar-refractivity contribution in [2.45, 2.75) is 32.1 Å². The number of amides is 1. The van der Waals surface area contributed by atoms with Crippen molar-refractivity contribution in [2.75, 3.05) is 18.0 Å². The van der Waals surface area contributed by atoms with Gasteiger partial charge in [0.2, 0.25) is 5.91 Å². The van der Waals surface area contributed by atoms with E-state index >= 15 is 0 Å². The van der Waals surface area contributed by atoms with Crippen molar-refractivity contribution in [3.05, 3.63) is 56.7 Å². The molecule has 1 saturated heterocycles. The van der Waals surface area contributed by atoms with E-state index in [4.69, 9.17) is 11.6 Å². The number of carbonyl (C=O) groups is 1. The molecule has 1 fully saturated rings. The molecule has 3 rings (SSSR count). The lowest BCUT2D eigenvalue weighted by Crippen LogP contribution is -2.56. The maximum Gasteiger partial charge on any atom is 0.416 e. The van der Waals surface area contributed by atoms with E-state index in [9.17, 15) is 27.2 Å². The number of hydrogen-bond acceptors (Lipinski definition) is 4. The molecule has 0 bridgehead atoms. The monoisotopic (exact) mass is 432 g/mol. The number of halogens is 5. The molecule has 0 radical (unpaired) electrons. The van der Waals surface area contributed by atoms with Gasteiger partial charge in [0.1, 0.15) is 10.8 Å². The molecule has 1 aliphatic rings. The molecule has 1 unspecified atom stereocenters. The van der Waals surface area contributed by atoms with Crippen molar-refractivity contribution < 1.29 is 22.4 Å². The molecule has 0 saturated carbocycles. The number of piperazine rings is 1. The number of hydrogen-bond donors (Lipinski definition) is 1. The molecule has 1 aromatic carbocycles. The third-order valence-corrected chi connectivity index (χ3v) is 5.31. The number of aromatic amines is 1. The third-order valence-electron chi connectivity index (χ3n) is 4.94. The molecule has 2 atom stereocenters. The van der Waals surface area contributed by atoms with E-state index in [2.05, 4.69) is 10.2 Å². The fourth-order valence-corrected chi connectivity index (χ4v) is 3.65. The zero-order valence-electron chi connectivity index (χ0n) is 15.4. The van der Waals surface area contributed by atoms with Crippen LogP contribution in [0.5, 0.6) is 0 Å². The summed E-state index contributed by atoms with van der Waals surface area (Å²) in [5, 5.41) is 5.74. The average Bonchev–Trinajstić information content (AvgIpc) is 2.64. The standard InChI is InChI=1S/C18H17ClF4N4O2/c1-9-7-27(10(2)12-4-3-11(20)5-13(12)18(21,22)23)15(28)8-26(9)14-6-24-25-17(29)16(14)19/h3-6,9-10H,7-8H2,1-2H3,(H,25,29)/t9-,10?/m1/s1. The highest BCUT2D eigenvalue weighted by Gasteiger charge is 2.39. The number of alkyl halides is 3. The maximum absolute atomic E-state index is 13.4. The van der Waals surface area contributed by atoms with Crippen LogP contribution in [0.15, 0.2) is 29.2 Å². The van der Waals surface area contributed by atoms with Gasteiger partial charge in [-0.25, -0.2) is 9.49 Å². The van der Waals surface area contributed by atoms with Gasteiger partial charge in [0.05, 0.1) is 30.0 Å². The highest BCUT2D eigenvalue weighted by Crippen LogP contribution is 2.38. The van der Waals surface area contributed by atoms with Gasteiger partial charge < -0.3 is 9.80 Å². The van der Waals surface area contributed by atoms with Crippen molar-refractivity contribution in [1.29, 1.82) is 0 Å². The van der Waals surface area contributed by atoms with Gasteiger partial charge in [-0.15, -0.1) is 0 Å². The molecule has 1 aliphatic heterocycles. The summed E-state index contributed by atoms with van der Waals surface area (Å²) in [4.78, 5) is 27.3. The number of aromatic nitrogens is 2. The predicted octanol–water partition coefficient (Wildman–Crippen LogP) is 3.38. The van der Waals surface area contributed by atoms with Crippen molar-refractivity contribution >= 4 is 23.2 Å². The Morgan fingerprint density at radius 2 is 2.00 bits per heavy atom. The molecule has 1 amide bonds. The zero-order chi connectivity index (χ0) is 21.5. The fourth-order valence-electron chi connectivity index (χ4n) is 3.45. The molecular formula is C18H17ClF4N4O2. The zero-order valence-corrected chi connectivity index (χ0v) is 16.2. The maximum atomic E-state index is 13.4. The molecule has 11 heteroatoms. The molecule has 1 aromatic heterocycles. The minimum Gasteiger partial charge on any atom is -0.355 e. The highest BCUT2D eigenvalue weighted by atomic mass is 35.5.